The van der Waals surface area contributed by atoms with Crippen LogP contribution in [0.5, 0.6) is 0 Å². The highest BCUT2D eigenvalue weighted by Crippen LogP contribution is 2.26. The summed E-state index contributed by atoms with van der Waals surface area (Å²) < 4.78 is 5.74. The van der Waals surface area contributed by atoms with Crippen LogP contribution in [0.2, 0.25) is 0 Å². The second kappa shape index (κ2) is 7.21. The van der Waals surface area contributed by atoms with Crippen LogP contribution < -0.4 is 5.32 Å². The van der Waals surface area contributed by atoms with Gasteiger partial charge >= 0.3 is 0 Å². The highest BCUT2D eigenvalue weighted by Gasteiger charge is 2.18. The summed E-state index contributed by atoms with van der Waals surface area (Å²) in [6, 6.07) is 7.62. The molecule has 25 heavy (non-hydrogen) atoms. The Hall–Kier alpha value is -2.44. The number of aliphatic hydroxyl groups is 1. The van der Waals surface area contributed by atoms with Crippen molar-refractivity contribution in [1.82, 2.24) is 9.97 Å². The quantitative estimate of drug-likeness (QED) is 0.685. The van der Waals surface area contributed by atoms with E-state index in [2.05, 4.69) is 36.1 Å². The molecule has 0 aliphatic carbocycles. The molecular formula is C19H21N3O2S. The van der Waals surface area contributed by atoms with E-state index in [1.54, 1.807) is 12.4 Å². The van der Waals surface area contributed by atoms with Gasteiger partial charge in [-0.15, -0.1) is 0 Å². The predicted molar refractivity (Wildman–Crippen MR) is 102 cm³/mol. The predicted octanol–water partition coefficient (Wildman–Crippen LogP) is 4.83. The standard InChI is InChI=1S/C19H21N3O2S/c1-19(2,3)16-11-20-17(24-16)8-7-15-10-21-18(25-15)22-14-6-4-5-13(9-14)12-23/h4-11,23H,12H2,1-3H3,(H,21,22)/b8-7+. The average Bonchev–Trinajstić information content (AvgIpc) is 3.22. The van der Waals surface area contributed by atoms with Gasteiger partial charge in [0.1, 0.15) is 5.76 Å². The first-order chi connectivity index (χ1) is 11.9. The van der Waals surface area contributed by atoms with Gasteiger partial charge < -0.3 is 14.8 Å². The molecule has 2 aromatic heterocycles. The van der Waals surface area contributed by atoms with Crippen LogP contribution in [-0.4, -0.2) is 15.1 Å². The summed E-state index contributed by atoms with van der Waals surface area (Å²) in [7, 11) is 0. The van der Waals surface area contributed by atoms with Crippen LogP contribution in [0.15, 0.2) is 41.1 Å². The van der Waals surface area contributed by atoms with Gasteiger partial charge in [-0.25, -0.2) is 9.97 Å². The molecule has 6 heteroatoms. The maximum absolute atomic E-state index is 9.20. The van der Waals surface area contributed by atoms with Gasteiger partial charge in [0.2, 0.25) is 5.89 Å². The van der Waals surface area contributed by atoms with E-state index < -0.39 is 0 Å². The third-order valence-corrected chi connectivity index (χ3v) is 4.42. The zero-order chi connectivity index (χ0) is 17.9. The molecule has 0 atom stereocenters. The van der Waals surface area contributed by atoms with Gasteiger partial charge in [-0.3, -0.25) is 0 Å². The summed E-state index contributed by atoms with van der Waals surface area (Å²) in [5.74, 6) is 1.45. The van der Waals surface area contributed by atoms with E-state index in [-0.39, 0.29) is 12.0 Å². The molecule has 0 saturated carbocycles. The summed E-state index contributed by atoms with van der Waals surface area (Å²) in [6.07, 6.45) is 7.35. The molecule has 5 nitrogen and oxygen atoms in total. The van der Waals surface area contributed by atoms with Crippen molar-refractivity contribution in [3.8, 4) is 0 Å². The number of thiazole rings is 1. The molecule has 0 bridgehead atoms. The van der Waals surface area contributed by atoms with Crippen LogP contribution in [0.3, 0.4) is 0 Å². The second-order valence-corrected chi connectivity index (χ2v) is 7.76. The van der Waals surface area contributed by atoms with Crippen molar-refractivity contribution >= 4 is 34.3 Å². The number of rotatable bonds is 5. The van der Waals surface area contributed by atoms with Crippen molar-refractivity contribution in [2.24, 2.45) is 0 Å². The monoisotopic (exact) mass is 355 g/mol. The summed E-state index contributed by atoms with van der Waals surface area (Å²) in [5.41, 5.74) is 1.71. The number of hydrogen-bond donors (Lipinski definition) is 2. The molecule has 0 radical (unpaired) electrons. The van der Waals surface area contributed by atoms with Crippen LogP contribution in [-0.2, 0) is 12.0 Å². The SMILES string of the molecule is CC(C)(C)c1cnc(/C=C/c2cnc(Nc3cccc(CO)c3)s2)o1. The summed E-state index contributed by atoms with van der Waals surface area (Å²) in [6.45, 7) is 6.30. The molecular weight excluding hydrogens is 334 g/mol. The largest absolute Gasteiger partial charge is 0.441 e. The minimum absolute atomic E-state index is 0.0219. The van der Waals surface area contributed by atoms with Gasteiger partial charge in [0.15, 0.2) is 5.13 Å². The smallest absolute Gasteiger partial charge is 0.218 e. The molecule has 0 amide bonds. The van der Waals surface area contributed by atoms with Gasteiger partial charge in [-0.1, -0.05) is 44.2 Å². The lowest BCUT2D eigenvalue weighted by molar-refractivity contribution is 0.282. The van der Waals surface area contributed by atoms with Crippen LogP contribution >= 0.6 is 11.3 Å². The first-order valence-corrected chi connectivity index (χ1v) is 8.83. The van der Waals surface area contributed by atoms with E-state index in [4.69, 9.17) is 4.42 Å². The third kappa shape index (κ3) is 4.55. The van der Waals surface area contributed by atoms with Crippen molar-refractivity contribution in [3.05, 3.63) is 58.8 Å². The van der Waals surface area contributed by atoms with Gasteiger partial charge in [0.25, 0.3) is 0 Å². The van der Waals surface area contributed by atoms with E-state index in [0.717, 1.165) is 27.0 Å². The highest BCUT2D eigenvalue weighted by molar-refractivity contribution is 7.16. The molecule has 2 heterocycles. The Bertz CT molecular complexity index is 875. The number of anilines is 2. The lowest BCUT2D eigenvalue weighted by Gasteiger charge is -2.12. The Balaban J connectivity index is 1.68. The molecule has 2 N–H and O–H groups in total. The zero-order valence-corrected chi connectivity index (χ0v) is 15.3. The van der Waals surface area contributed by atoms with E-state index >= 15 is 0 Å². The van der Waals surface area contributed by atoms with E-state index in [9.17, 15) is 5.11 Å². The molecule has 0 aliphatic heterocycles. The second-order valence-electron chi connectivity index (χ2n) is 6.70. The van der Waals surface area contributed by atoms with Crippen LogP contribution in [0.4, 0.5) is 10.8 Å². The Morgan fingerprint density at radius 1 is 1.20 bits per heavy atom. The van der Waals surface area contributed by atoms with E-state index in [1.807, 2.05) is 36.4 Å². The molecule has 0 aliphatic rings. The van der Waals surface area contributed by atoms with Crippen molar-refractivity contribution in [2.45, 2.75) is 32.8 Å². The molecule has 1 aromatic carbocycles. The minimum Gasteiger partial charge on any atom is -0.441 e. The Morgan fingerprint density at radius 2 is 2.04 bits per heavy atom. The fourth-order valence-electron chi connectivity index (χ4n) is 2.16. The fourth-order valence-corrected chi connectivity index (χ4v) is 2.90. The fraction of sp³-hybridized carbons (Fsp3) is 0.263. The Kier molecular flexibility index (Phi) is 5.01. The molecule has 3 rings (SSSR count). The topological polar surface area (TPSA) is 71.2 Å². The maximum Gasteiger partial charge on any atom is 0.218 e. The Labute approximate surface area is 151 Å². The number of nitrogens with zero attached hydrogens (tertiary/aromatic N) is 2. The number of oxazole rings is 1. The lowest BCUT2D eigenvalue weighted by atomic mass is 9.94. The van der Waals surface area contributed by atoms with Crippen molar-refractivity contribution in [3.63, 3.8) is 0 Å². The zero-order valence-electron chi connectivity index (χ0n) is 14.5. The number of benzene rings is 1. The summed E-state index contributed by atoms with van der Waals surface area (Å²) in [5, 5.41) is 13.2. The number of aromatic nitrogens is 2. The normalized spacial score (nSPS) is 12.0. The minimum atomic E-state index is -0.0518. The van der Waals surface area contributed by atoms with E-state index in [0.29, 0.717) is 5.89 Å². The van der Waals surface area contributed by atoms with Gasteiger partial charge in [-0.2, -0.15) is 0 Å². The molecule has 0 saturated heterocycles. The van der Waals surface area contributed by atoms with Crippen molar-refractivity contribution in [2.75, 3.05) is 5.32 Å². The Morgan fingerprint density at radius 3 is 2.76 bits per heavy atom. The number of hydrogen-bond acceptors (Lipinski definition) is 6. The summed E-state index contributed by atoms with van der Waals surface area (Å²) >= 11 is 1.53. The molecule has 3 aromatic rings. The highest BCUT2D eigenvalue weighted by atomic mass is 32.1. The molecule has 0 unspecified atom stereocenters. The van der Waals surface area contributed by atoms with Crippen molar-refractivity contribution in [1.29, 1.82) is 0 Å². The van der Waals surface area contributed by atoms with Gasteiger partial charge in [0, 0.05) is 28.3 Å². The van der Waals surface area contributed by atoms with E-state index in [1.165, 1.54) is 11.3 Å². The molecule has 0 spiro atoms. The lowest BCUT2D eigenvalue weighted by Crippen LogP contribution is -2.09. The average molecular weight is 355 g/mol. The first kappa shape index (κ1) is 17.4. The van der Waals surface area contributed by atoms with Gasteiger partial charge in [-0.05, 0) is 23.8 Å². The van der Waals surface area contributed by atoms with Crippen LogP contribution in [0.25, 0.3) is 12.2 Å². The first-order valence-electron chi connectivity index (χ1n) is 8.01. The summed E-state index contributed by atoms with van der Waals surface area (Å²) in [4.78, 5) is 9.65. The van der Waals surface area contributed by atoms with Crippen LogP contribution in [0.1, 0.15) is 42.9 Å². The third-order valence-electron chi connectivity index (χ3n) is 3.54. The van der Waals surface area contributed by atoms with Crippen molar-refractivity contribution < 1.29 is 9.52 Å². The number of nitrogens with one attached hydrogen (secondary N) is 1. The molecule has 130 valence electrons. The van der Waals surface area contributed by atoms with Gasteiger partial charge in [0.05, 0.1) is 12.8 Å². The maximum atomic E-state index is 9.20. The number of aliphatic hydroxyl groups excluding tert-OH is 1. The molecule has 0 fully saturated rings. The van der Waals surface area contributed by atoms with Crippen LogP contribution in [0, 0.1) is 0 Å².